The molecule has 1 aromatic carbocycles. The number of aromatic nitrogens is 2. The van der Waals surface area contributed by atoms with E-state index in [9.17, 15) is 19.2 Å². The number of benzene rings is 1. The molecule has 1 heterocycles. The molecule has 2 rings (SSSR count). The maximum atomic E-state index is 12.0. The van der Waals surface area contributed by atoms with Crippen LogP contribution in [0.2, 0.25) is 0 Å². The van der Waals surface area contributed by atoms with Crippen LogP contribution in [0.15, 0.2) is 29.1 Å². The standard InChI is InChI=1S/C17H20N4O5/c1-3-18-17(25)21-15(23)10(2)26-14(22)9-8-13-19-12-7-5-4-6-11(12)16(24)20-13/h4-7,10H,3,8-9H2,1-2H3,(H,19,20,24)(H2,18,21,23,25). The number of para-hydroxylation sites is 1. The predicted octanol–water partition coefficient (Wildman–Crippen LogP) is 0.633. The van der Waals surface area contributed by atoms with Crippen LogP contribution >= 0.6 is 0 Å². The van der Waals surface area contributed by atoms with Gasteiger partial charge in [0.05, 0.1) is 17.3 Å². The molecule has 0 fully saturated rings. The number of carbonyl (C=O) groups excluding carboxylic acids is 3. The van der Waals surface area contributed by atoms with Gasteiger partial charge < -0.3 is 15.0 Å². The highest BCUT2D eigenvalue weighted by Gasteiger charge is 2.19. The second-order valence-corrected chi connectivity index (χ2v) is 5.51. The molecule has 0 aliphatic carbocycles. The van der Waals surface area contributed by atoms with E-state index in [1.807, 2.05) is 0 Å². The van der Waals surface area contributed by atoms with Gasteiger partial charge in [0.1, 0.15) is 5.82 Å². The van der Waals surface area contributed by atoms with Gasteiger partial charge in [-0.25, -0.2) is 9.78 Å². The van der Waals surface area contributed by atoms with Gasteiger partial charge in [0, 0.05) is 13.0 Å². The van der Waals surface area contributed by atoms with Gasteiger partial charge in [-0.15, -0.1) is 0 Å². The monoisotopic (exact) mass is 360 g/mol. The van der Waals surface area contributed by atoms with E-state index in [1.54, 1.807) is 31.2 Å². The second-order valence-electron chi connectivity index (χ2n) is 5.51. The maximum Gasteiger partial charge on any atom is 0.321 e. The maximum absolute atomic E-state index is 12.0. The Labute approximate surface area is 149 Å². The molecule has 0 saturated carbocycles. The van der Waals surface area contributed by atoms with Crippen molar-refractivity contribution in [3.63, 3.8) is 0 Å². The van der Waals surface area contributed by atoms with Crippen molar-refractivity contribution in [1.29, 1.82) is 0 Å². The number of aromatic amines is 1. The van der Waals surface area contributed by atoms with Crippen LogP contribution in [0.1, 0.15) is 26.1 Å². The number of hydrogen-bond acceptors (Lipinski definition) is 6. The van der Waals surface area contributed by atoms with Gasteiger partial charge in [0.25, 0.3) is 11.5 Å². The summed E-state index contributed by atoms with van der Waals surface area (Å²) in [5.74, 6) is -1.01. The number of nitrogens with zero attached hydrogens (tertiary/aromatic N) is 1. The average molecular weight is 360 g/mol. The summed E-state index contributed by atoms with van der Waals surface area (Å²) < 4.78 is 4.98. The Balaban J connectivity index is 1.89. The Kier molecular flexibility index (Phi) is 6.42. The predicted molar refractivity (Wildman–Crippen MR) is 93.5 cm³/mol. The van der Waals surface area contributed by atoms with E-state index in [1.165, 1.54) is 6.92 Å². The highest BCUT2D eigenvalue weighted by atomic mass is 16.5. The number of rotatable bonds is 6. The molecule has 26 heavy (non-hydrogen) atoms. The fourth-order valence-electron chi connectivity index (χ4n) is 2.20. The normalized spacial score (nSPS) is 11.6. The SMILES string of the molecule is CCNC(=O)NC(=O)C(C)OC(=O)CCc1nc2ccccc2c(=O)[nH]1. The average Bonchev–Trinajstić information content (AvgIpc) is 2.60. The molecule has 0 aliphatic rings. The zero-order valence-corrected chi connectivity index (χ0v) is 14.5. The minimum absolute atomic E-state index is 0.0694. The highest BCUT2D eigenvalue weighted by molar-refractivity contribution is 5.97. The summed E-state index contributed by atoms with van der Waals surface area (Å²) in [6.45, 7) is 3.44. The third kappa shape index (κ3) is 5.13. The Morgan fingerprint density at radius 1 is 1.27 bits per heavy atom. The van der Waals surface area contributed by atoms with Crippen molar-refractivity contribution in [2.75, 3.05) is 6.54 Å². The molecule has 0 radical (unpaired) electrons. The van der Waals surface area contributed by atoms with Gasteiger partial charge in [-0.1, -0.05) is 12.1 Å². The lowest BCUT2D eigenvalue weighted by Gasteiger charge is -2.13. The summed E-state index contributed by atoms with van der Waals surface area (Å²) in [5.41, 5.74) is 0.253. The minimum atomic E-state index is -1.12. The van der Waals surface area contributed by atoms with Crippen LogP contribution in [0.5, 0.6) is 0 Å². The Hall–Kier alpha value is -3.23. The number of nitrogens with one attached hydrogen (secondary N) is 3. The molecule has 1 unspecified atom stereocenters. The minimum Gasteiger partial charge on any atom is -0.453 e. The molecule has 3 amide bonds. The van der Waals surface area contributed by atoms with Crippen LogP contribution in [0.25, 0.3) is 10.9 Å². The van der Waals surface area contributed by atoms with Gasteiger partial charge in [0.2, 0.25) is 0 Å². The molecular formula is C17H20N4O5. The molecule has 9 nitrogen and oxygen atoms in total. The lowest BCUT2D eigenvalue weighted by molar-refractivity contribution is -0.154. The number of ether oxygens (including phenoxy) is 1. The Morgan fingerprint density at radius 2 is 2.00 bits per heavy atom. The topological polar surface area (TPSA) is 130 Å². The number of aryl methyl sites for hydroxylation is 1. The highest BCUT2D eigenvalue weighted by Crippen LogP contribution is 2.07. The Bertz CT molecular complexity index is 877. The van der Waals surface area contributed by atoms with Crippen molar-refractivity contribution in [2.24, 2.45) is 0 Å². The summed E-state index contributed by atoms with van der Waals surface area (Å²) in [6, 6.07) is 6.22. The summed E-state index contributed by atoms with van der Waals surface area (Å²) in [4.78, 5) is 53.7. The van der Waals surface area contributed by atoms with Crippen molar-refractivity contribution < 1.29 is 19.1 Å². The second kappa shape index (κ2) is 8.75. The number of esters is 1. The fourth-order valence-corrected chi connectivity index (χ4v) is 2.20. The lowest BCUT2D eigenvalue weighted by Crippen LogP contribution is -2.44. The summed E-state index contributed by atoms with van der Waals surface area (Å²) in [5, 5.41) is 4.93. The first kappa shape index (κ1) is 19.1. The first-order valence-electron chi connectivity index (χ1n) is 8.16. The number of urea groups is 1. The van der Waals surface area contributed by atoms with Gasteiger partial charge in [0.15, 0.2) is 6.10 Å². The van der Waals surface area contributed by atoms with Crippen molar-refractivity contribution in [1.82, 2.24) is 20.6 Å². The van der Waals surface area contributed by atoms with Gasteiger partial charge >= 0.3 is 12.0 Å². The third-order valence-electron chi connectivity index (χ3n) is 3.48. The zero-order valence-electron chi connectivity index (χ0n) is 14.5. The molecule has 1 atom stereocenters. The van der Waals surface area contributed by atoms with E-state index < -0.39 is 24.0 Å². The Morgan fingerprint density at radius 3 is 2.73 bits per heavy atom. The molecule has 1 aromatic heterocycles. The molecule has 0 spiro atoms. The molecule has 138 valence electrons. The molecule has 9 heteroatoms. The number of imide groups is 1. The number of carbonyl (C=O) groups is 3. The van der Waals surface area contributed by atoms with Crippen molar-refractivity contribution >= 4 is 28.8 Å². The van der Waals surface area contributed by atoms with Crippen LogP contribution in [0.4, 0.5) is 4.79 Å². The van der Waals surface area contributed by atoms with Crippen molar-refractivity contribution in [3.8, 4) is 0 Å². The summed E-state index contributed by atoms with van der Waals surface area (Å²) in [7, 11) is 0. The molecule has 0 saturated heterocycles. The van der Waals surface area contributed by atoms with E-state index in [0.717, 1.165) is 0 Å². The number of hydrogen-bond donors (Lipinski definition) is 3. The first-order chi connectivity index (χ1) is 12.4. The van der Waals surface area contributed by atoms with Crippen LogP contribution in [-0.2, 0) is 20.7 Å². The smallest absolute Gasteiger partial charge is 0.321 e. The van der Waals surface area contributed by atoms with E-state index in [2.05, 4.69) is 20.6 Å². The molecule has 3 N–H and O–H groups in total. The van der Waals surface area contributed by atoms with Gasteiger partial charge in [-0.3, -0.25) is 19.7 Å². The largest absolute Gasteiger partial charge is 0.453 e. The van der Waals surface area contributed by atoms with Crippen molar-refractivity contribution in [2.45, 2.75) is 32.8 Å². The van der Waals surface area contributed by atoms with Crippen molar-refractivity contribution in [3.05, 3.63) is 40.4 Å². The first-order valence-corrected chi connectivity index (χ1v) is 8.16. The number of amides is 3. The summed E-state index contributed by atoms with van der Waals surface area (Å²) in [6.07, 6.45) is -1.03. The third-order valence-corrected chi connectivity index (χ3v) is 3.48. The van der Waals surface area contributed by atoms with Gasteiger partial charge in [-0.2, -0.15) is 0 Å². The van der Waals surface area contributed by atoms with E-state index in [4.69, 9.17) is 4.74 Å². The molecule has 2 aromatic rings. The van der Waals surface area contributed by atoms with Crippen LogP contribution in [-0.4, -0.2) is 40.5 Å². The number of fused-ring (bicyclic) bond motifs is 1. The molecule has 0 aliphatic heterocycles. The van der Waals surface area contributed by atoms with Crippen LogP contribution in [0.3, 0.4) is 0 Å². The van der Waals surface area contributed by atoms with Crippen LogP contribution < -0.4 is 16.2 Å². The van der Waals surface area contributed by atoms with E-state index in [-0.39, 0.29) is 18.4 Å². The fraction of sp³-hybridized carbons (Fsp3) is 0.353. The lowest BCUT2D eigenvalue weighted by atomic mass is 10.2. The van der Waals surface area contributed by atoms with E-state index >= 15 is 0 Å². The molecular weight excluding hydrogens is 340 g/mol. The van der Waals surface area contributed by atoms with Gasteiger partial charge in [-0.05, 0) is 26.0 Å². The summed E-state index contributed by atoms with van der Waals surface area (Å²) >= 11 is 0. The van der Waals surface area contributed by atoms with E-state index in [0.29, 0.717) is 23.3 Å². The quantitative estimate of drug-likeness (QED) is 0.648. The molecule has 0 bridgehead atoms. The zero-order chi connectivity index (χ0) is 19.1. The number of H-pyrrole nitrogens is 1. The van der Waals surface area contributed by atoms with Crippen LogP contribution in [0, 0.1) is 0 Å².